The Morgan fingerprint density at radius 1 is 1.06 bits per heavy atom. The highest BCUT2D eigenvalue weighted by Gasteiger charge is 2.30. The summed E-state index contributed by atoms with van der Waals surface area (Å²) in [4.78, 5) is 8.84. The minimum absolute atomic E-state index is 0.903. The van der Waals surface area contributed by atoms with Crippen molar-refractivity contribution >= 4 is 39.3 Å². The van der Waals surface area contributed by atoms with Gasteiger partial charge in [-0.1, -0.05) is 0 Å². The molecule has 2 saturated carbocycles. The van der Waals surface area contributed by atoms with Crippen molar-refractivity contribution in [2.75, 3.05) is 4.44 Å². The minimum atomic E-state index is 0.903. The van der Waals surface area contributed by atoms with Crippen LogP contribution in [0.5, 0.6) is 0 Å². The number of nitrogens with zero attached hydrogens (tertiary/aromatic N) is 3. The molecule has 86 valence electrons. The van der Waals surface area contributed by atoms with Gasteiger partial charge in [-0.3, -0.25) is 0 Å². The van der Waals surface area contributed by atoms with Crippen LogP contribution in [0.15, 0.2) is 16.9 Å². The number of hydrogen-bond donors (Lipinski definition) is 0. The maximum atomic E-state index is 4.42. The lowest BCUT2D eigenvalue weighted by Crippen LogP contribution is -2.06. The van der Waals surface area contributed by atoms with E-state index >= 15 is 0 Å². The van der Waals surface area contributed by atoms with E-state index in [4.69, 9.17) is 0 Å². The van der Waals surface area contributed by atoms with Gasteiger partial charge in [0.1, 0.15) is 0 Å². The quantitative estimate of drug-likeness (QED) is 0.778. The van der Waals surface area contributed by atoms with Crippen LogP contribution in [-0.4, -0.2) is 21.3 Å². The van der Waals surface area contributed by atoms with Crippen LogP contribution in [0.25, 0.3) is 0 Å². The van der Waals surface area contributed by atoms with Crippen molar-refractivity contribution in [2.24, 2.45) is 0 Å². The molecular weight excluding hydrogens is 304 g/mol. The average Bonchev–Trinajstić information content (AvgIpc) is 3.12. The second-order valence-electron chi connectivity index (χ2n) is 4.34. The fraction of sp³-hybridized carbons (Fsp3) is 0.600. The van der Waals surface area contributed by atoms with Crippen molar-refractivity contribution in [1.29, 1.82) is 0 Å². The Labute approximate surface area is 108 Å². The molecule has 6 heteroatoms. The third kappa shape index (κ3) is 3.12. The maximum absolute atomic E-state index is 4.42. The van der Waals surface area contributed by atoms with Crippen molar-refractivity contribution in [3.05, 3.63) is 16.9 Å². The first-order chi connectivity index (χ1) is 7.81. The van der Waals surface area contributed by atoms with Crippen LogP contribution in [-0.2, 0) is 0 Å². The molecule has 16 heavy (non-hydrogen) atoms. The second kappa shape index (κ2) is 4.84. The summed E-state index contributed by atoms with van der Waals surface area (Å²) < 4.78 is 3.39. The molecule has 0 radical (unpaired) electrons. The van der Waals surface area contributed by atoms with Crippen molar-refractivity contribution in [3.8, 4) is 0 Å². The van der Waals surface area contributed by atoms with Gasteiger partial charge in [0.15, 0.2) is 0 Å². The van der Waals surface area contributed by atoms with E-state index in [1.165, 1.54) is 25.7 Å². The molecule has 1 heterocycles. The second-order valence-corrected chi connectivity index (χ2v) is 8.75. The lowest BCUT2D eigenvalue weighted by atomic mass is 10.7. The van der Waals surface area contributed by atoms with Crippen molar-refractivity contribution in [1.82, 2.24) is 9.97 Å². The highest BCUT2D eigenvalue weighted by Crippen LogP contribution is 2.53. The molecule has 2 atom stereocenters. The van der Waals surface area contributed by atoms with Crippen LogP contribution in [0, 0.1) is 0 Å². The predicted octanol–water partition coefficient (Wildman–Crippen LogP) is 3.56. The molecule has 2 fully saturated rings. The molecule has 3 rings (SSSR count). The fourth-order valence-corrected chi connectivity index (χ4v) is 5.00. The molecule has 0 amide bonds. The first-order valence-electron chi connectivity index (χ1n) is 5.61. The first-order valence-corrected chi connectivity index (χ1v) is 8.45. The van der Waals surface area contributed by atoms with E-state index < -0.39 is 0 Å². The molecule has 0 N–H and O–H groups in total. The van der Waals surface area contributed by atoms with Gasteiger partial charge in [0.2, 0.25) is 5.95 Å². The summed E-state index contributed by atoms with van der Waals surface area (Å²) in [5.74, 6) is 0.929. The van der Waals surface area contributed by atoms with E-state index in [2.05, 4.69) is 30.3 Å². The molecule has 1 aromatic rings. The topological polar surface area (TPSA) is 29.0 Å². The highest BCUT2D eigenvalue weighted by atomic mass is 79.9. The van der Waals surface area contributed by atoms with Gasteiger partial charge in [-0.2, -0.15) is 0 Å². The van der Waals surface area contributed by atoms with Gasteiger partial charge in [-0.15, -0.1) is 0 Å². The number of aromatic nitrogens is 2. The van der Waals surface area contributed by atoms with Crippen LogP contribution < -0.4 is 4.44 Å². The Morgan fingerprint density at radius 2 is 1.56 bits per heavy atom. The third-order valence-electron chi connectivity index (χ3n) is 2.58. The number of halogens is 1. The molecule has 0 aromatic carbocycles. The van der Waals surface area contributed by atoms with Crippen LogP contribution in [0.2, 0.25) is 0 Å². The zero-order valence-electron chi connectivity index (χ0n) is 8.86. The van der Waals surface area contributed by atoms with Crippen molar-refractivity contribution in [3.63, 3.8) is 0 Å². The molecule has 2 aliphatic carbocycles. The van der Waals surface area contributed by atoms with Gasteiger partial charge >= 0.3 is 0 Å². The largest absolute Gasteiger partial charge is 0.304 e. The normalized spacial score (nSPS) is 21.3. The van der Waals surface area contributed by atoms with Gasteiger partial charge in [0, 0.05) is 12.4 Å². The molecule has 0 bridgehead atoms. The van der Waals surface area contributed by atoms with Crippen LogP contribution >= 0.6 is 33.4 Å². The number of rotatable bonds is 5. The average molecular weight is 318 g/mol. The number of hydrogen-bond acceptors (Lipinski definition) is 3. The Hall–Kier alpha value is 0.220. The number of anilines is 1. The van der Waals surface area contributed by atoms with E-state index in [9.17, 15) is 0 Å². The van der Waals surface area contributed by atoms with Crippen LogP contribution in [0.4, 0.5) is 5.95 Å². The van der Waals surface area contributed by atoms with Gasteiger partial charge < -0.3 is 4.44 Å². The monoisotopic (exact) mass is 317 g/mol. The van der Waals surface area contributed by atoms with Crippen LogP contribution in [0.1, 0.15) is 25.7 Å². The summed E-state index contributed by atoms with van der Waals surface area (Å²) >= 11 is 3.38. The lowest BCUT2D eigenvalue weighted by molar-refractivity contribution is 1.14. The highest BCUT2D eigenvalue weighted by molar-refractivity contribution is 9.10. The van der Waals surface area contributed by atoms with Crippen molar-refractivity contribution in [2.45, 2.75) is 37.0 Å². The third-order valence-corrected chi connectivity index (χ3v) is 6.57. The molecule has 0 saturated heterocycles. The summed E-state index contributed by atoms with van der Waals surface area (Å²) in [6.07, 6.45) is 9.32. The Balaban J connectivity index is 1.71. The molecule has 2 unspecified atom stereocenters. The van der Waals surface area contributed by atoms with E-state index in [1.54, 1.807) is 0 Å². The van der Waals surface area contributed by atoms with Gasteiger partial charge in [-0.05, 0) is 70.4 Å². The van der Waals surface area contributed by atoms with Gasteiger partial charge in [-0.25, -0.2) is 9.97 Å². The van der Waals surface area contributed by atoms with E-state index in [-0.39, 0.29) is 0 Å². The minimum Gasteiger partial charge on any atom is -0.304 e. The summed E-state index contributed by atoms with van der Waals surface area (Å²) in [5, 5.41) is 0. The molecule has 2 aliphatic rings. The molecule has 1 aromatic heterocycles. The Bertz CT molecular complexity index is 351. The van der Waals surface area contributed by atoms with Crippen LogP contribution in [0.3, 0.4) is 0 Å². The van der Waals surface area contributed by atoms with E-state index in [1.807, 2.05) is 12.4 Å². The SMILES string of the molecule is Brc1cnc(N(PC2CC2)PC2CC2)nc1. The zero-order valence-corrected chi connectivity index (χ0v) is 12.4. The van der Waals surface area contributed by atoms with E-state index in [0.717, 1.165) is 39.2 Å². The van der Waals surface area contributed by atoms with E-state index in [0.29, 0.717) is 0 Å². The lowest BCUT2D eigenvalue weighted by Gasteiger charge is -2.21. The Morgan fingerprint density at radius 3 is 2.00 bits per heavy atom. The maximum Gasteiger partial charge on any atom is 0.231 e. The van der Waals surface area contributed by atoms with Gasteiger partial charge in [0.25, 0.3) is 0 Å². The molecule has 0 spiro atoms. The summed E-state index contributed by atoms with van der Waals surface area (Å²) in [7, 11) is 1.81. The fourth-order valence-electron chi connectivity index (χ4n) is 1.36. The zero-order chi connectivity index (χ0) is 11.0. The standard InChI is InChI=1S/C10H14BrN3P2/c11-7-5-12-10(13-6-7)14(15-8-1-2-8)16-9-3-4-9/h5-6,8-9,15-16H,1-4H2. The molecule has 0 aliphatic heterocycles. The summed E-state index contributed by atoms with van der Waals surface area (Å²) in [6.45, 7) is 0. The predicted molar refractivity (Wildman–Crippen MR) is 74.9 cm³/mol. The summed E-state index contributed by atoms with van der Waals surface area (Å²) in [6, 6.07) is 0. The first kappa shape index (κ1) is 11.3. The smallest absolute Gasteiger partial charge is 0.231 e. The molecule has 3 nitrogen and oxygen atoms in total. The summed E-state index contributed by atoms with van der Waals surface area (Å²) in [5.41, 5.74) is 1.86. The molecular formula is C10H14BrN3P2. The Kier molecular flexibility index (Phi) is 3.42. The van der Waals surface area contributed by atoms with Gasteiger partial charge in [0.05, 0.1) is 4.47 Å². The van der Waals surface area contributed by atoms with Crippen molar-refractivity contribution < 1.29 is 0 Å².